The fraction of sp³-hybridized carbons (Fsp3) is 0.571. The smallest absolute Gasteiger partial charge is 0.326 e. The van der Waals surface area contributed by atoms with Crippen molar-refractivity contribution in [2.24, 2.45) is 34.0 Å². The number of amides is 5. The Morgan fingerprint density at radius 3 is 1.98 bits per heavy atom. The minimum absolute atomic E-state index is 0.0423. The highest BCUT2D eigenvalue weighted by atomic mass is 16.4. The molecule has 0 aliphatic rings. The maximum atomic E-state index is 13.8. The van der Waals surface area contributed by atoms with Gasteiger partial charge in [0, 0.05) is 30.1 Å². The molecule has 0 radical (unpaired) electrons. The second-order valence-electron chi connectivity index (χ2n) is 13.6. The molecule has 5 amide bonds. The van der Waals surface area contributed by atoms with Gasteiger partial charge < -0.3 is 64.1 Å². The number of benzene rings is 1. The summed E-state index contributed by atoms with van der Waals surface area (Å²) in [5.74, 6) is -6.10. The van der Waals surface area contributed by atoms with E-state index in [1.54, 1.807) is 32.2 Å². The van der Waals surface area contributed by atoms with E-state index in [9.17, 15) is 44.1 Å². The van der Waals surface area contributed by atoms with Crippen LogP contribution in [0.1, 0.15) is 58.9 Å². The number of carboxylic acid groups (broad SMARTS) is 1. The molecule has 2 aromatic rings. The van der Waals surface area contributed by atoms with E-state index >= 15 is 0 Å². The van der Waals surface area contributed by atoms with Gasteiger partial charge in [0.15, 0.2) is 5.96 Å². The van der Waals surface area contributed by atoms with Crippen molar-refractivity contribution in [3.05, 3.63) is 36.0 Å². The minimum Gasteiger partial charge on any atom is -0.480 e. The van der Waals surface area contributed by atoms with Gasteiger partial charge in [0.05, 0.1) is 13.2 Å². The zero-order chi connectivity index (χ0) is 40.5. The predicted molar refractivity (Wildman–Crippen MR) is 200 cm³/mol. The summed E-state index contributed by atoms with van der Waals surface area (Å²) in [5.41, 5.74) is 17.9. The fourth-order valence-electron chi connectivity index (χ4n) is 5.51. The number of carbonyl (C=O) groups is 6. The fourth-order valence-corrected chi connectivity index (χ4v) is 5.51. The first kappa shape index (κ1) is 44.9. The number of para-hydroxylation sites is 1. The maximum absolute atomic E-state index is 13.8. The van der Waals surface area contributed by atoms with E-state index in [1.165, 1.54) is 0 Å². The molecule has 2 rings (SSSR count). The van der Waals surface area contributed by atoms with Crippen LogP contribution < -0.4 is 43.8 Å². The Bertz CT molecular complexity index is 1610. The normalized spacial score (nSPS) is 15.1. The number of aliphatic imine (C=N–C) groups is 1. The number of carbonyl (C=O) groups excluding carboxylic acids is 5. The van der Waals surface area contributed by atoms with Crippen LogP contribution >= 0.6 is 0 Å². The van der Waals surface area contributed by atoms with Gasteiger partial charge in [-0.3, -0.25) is 29.0 Å². The number of nitrogens with two attached hydrogens (primary N) is 3. The first-order valence-electron chi connectivity index (χ1n) is 17.8. The molecule has 1 aromatic heterocycles. The van der Waals surface area contributed by atoms with Crippen molar-refractivity contribution in [3.8, 4) is 0 Å². The Kier molecular flexibility index (Phi) is 18.3. The molecule has 1 aromatic carbocycles. The molecule has 0 aliphatic heterocycles. The molecule has 19 heteroatoms. The number of nitrogens with one attached hydrogen (secondary N) is 6. The lowest BCUT2D eigenvalue weighted by Crippen LogP contribution is -2.60. The first-order chi connectivity index (χ1) is 25.5. The summed E-state index contributed by atoms with van der Waals surface area (Å²) in [5, 5.41) is 42.6. The van der Waals surface area contributed by atoms with E-state index in [0.717, 1.165) is 10.9 Å². The molecule has 0 saturated heterocycles. The van der Waals surface area contributed by atoms with Crippen molar-refractivity contribution in [1.82, 2.24) is 31.6 Å². The van der Waals surface area contributed by atoms with E-state index in [-0.39, 0.29) is 50.0 Å². The van der Waals surface area contributed by atoms with Gasteiger partial charge >= 0.3 is 5.97 Å². The van der Waals surface area contributed by atoms with Crippen LogP contribution in [0.15, 0.2) is 35.5 Å². The van der Waals surface area contributed by atoms with Crippen LogP contribution in [0.4, 0.5) is 0 Å². The topological polar surface area (TPSA) is 329 Å². The molecule has 0 bridgehead atoms. The molecule has 0 saturated carbocycles. The number of aromatic amines is 1. The zero-order valence-corrected chi connectivity index (χ0v) is 31.1. The molecule has 0 fully saturated rings. The molecule has 0 unspecified atom stereocenters. The van der Waals surface area contributed by atoms with E-state index < -0.39 is 85.0 Å². The number of H-pyrrole nitrogens is 1. The van der Waals surface area contributed by atoms with Crippen molar-refractivity contribution in [1.29, 1.82) is 0 Å². The molecule has 15 N–H and O–H groups in total. The number of hydrogen-bond donors (Lipinski definition) is 12. The van der Waals surface area contributed by atoms with E-state index in [2.05, 4.69) is 36.6 Å². The summed E-state index contributed by atoms with van der Waals surface area (Å²) in [6.45, 7) is 5.69. The molecule has 1 heterocycles. The van der Waals surface area contributed by atoms with Crippen molar-refractivity contribution < 1.29 is 44.1 Å². The summed E-state index contributed by atoms with van der Waals surface area (Å²) in [4.78, 5) is 85.7. The first-order valence-corrected chi connectivity index (χ1v) is 17.8. The second-order valence-corrected chi connectivity index (χ2v) is 13.6. The molecule has 300 valence electrons. The number of nitrogens with zero attached hydrogens (tertiary/aromatic N) is 1. The van der Waals surface area contributed by atoms with Gasteiger partial charge in [-0.25, -0.2) is 4.79 Å². The van der Waals surface area contributed by atoms with Crippen LogP contribution in [0.3, 0.4) is 0 Å². The largest absolute Gasteiger partial charge is 0.480 e. The quantitative estimate of drug-likeness (QED) is 0.0323. The Hall–Kier alpha value is -5.27. The van der Waals surface area contributed by atoms with Crippen molar-refractivity contribution in [3.63, 3.8) is 0 Å². The summed E-state index contributed by atoms with van der Waals surface area (Å²) < 4.78 is 0. The number of guanidine groups is 1. The molecule has 0 spiro atoms. The lowest BCUT2D eigenvalue weighted by molar-refractivity contribution is -0.142. The average molecular weight is 761 g/mol. The van der Waals surface area contributed by atoms with Crippen molar-refractivity contribution in [2.75, 3.05) is 19.8 Å². The number of hydrogen-bond acceptors (Lipinski definition) is 10. The molecule has 19 nitrogen and oxygen atoms in total. The van der Waals surface area contributed by atoms with Crippen LogP contribution in [0.2, 0.25) is 0 Å². The van der Waals surface area contributed by atoms with Crippen molar-refractivity contribution in [2.45, 2.75) is 96.1 Å². The van der Waals surface area contributed by atoms with Crippen LogP contribution in [0, 0.1) is 11.8 Å². The molecular formula is C35H56N10O9. The third-order valence-corrected chi connectivity index (χ3v) is 8.77. The maximum Gasteiger partial charge on any atom is 0.326 e. The highest BCUT2D eigenvalue weighted by molar-refractivity contribution is 5.96. The van der Waals surface area contributed by atoms with E-state index in [1.807, 2.05) is 26.0 Å². The molecular weight excluding hydrogens is 704 g/mol. The van der Waals surface area contributed by atoms with Crippen LogP contribution in [-0.4, -0.2) is 118 Å². The predicted octanol–water partition coefficient (Wildman–Crippen LogP) is -2.32. The highest BCUT2D eigenvalue weighted by Crippen LogP contribution is 2.19. The summed E-state index contributed by atoms with van der Waals surface area (Å²) in [6, 6.07) is -0.674. The van der Waals surface area contributed by atoms with Gasteiger partial charge in [0.2, 0.25) is 29.5 Å². The number of aliphatic carboxylic acids is 1. The highest BCUT2D eigenvalue weighted by Gasteiger charge is 2.34. The van der Waals surface area contributed by atoms with E-state index in [0.29, 0.717) is 12.0 Å². The standard InChI is InChI=1S/C35H56N10O9/c1-5-19(4)28(45-29(48)22(36)16-46)33(52)42-25(13-18(2)3)31(50)41-24(11-8-12-39-35(37)38)30(49)44-27(17-47)32(51)43-26(34(53)54)14-20-15-40-23-10-7-6-9-21(20)23/h6-7,9-10,15,18-19,22,24-28,40,46-47H,5,8,11-14,16-17,36H2,1-4H3,(H,41,50)(H,42,52)(H,43,51)(H,44,49)(H,45,48)(H,53,54)(H4,37,38,39)/t19-,22-,24-,25-,26-,27-,28-/m0/s1. The third kappa shape index (κ3) is 13.9. The molecule has 54 heavy (non-hydrogen) atoms. The molecule has 0 aliphatic carbocycles. The summed E-state index contributed by atoms with van der Waals surface area (Å²) in [7, 11) is 0. The van der Waals surface area contributed by atoms with Gasteiger partial charge in [-0.05, 0) is 42.7 Å². The third-order valence-electron chi connectivity index (χ3n) is 8.77. The van der Waals surface area contributed by atoms with Gasteiger partial charge in [-0.2, -0.15) is 0 Å². The average Bonchev–Trinajstić information content (AvgIpc) is 3.54. The Balaban J connectivity index is 2.27. The van der Waals surface area contributed by atoms with Crippen molar-refractivity contribution >= 4 is 52.4 Å². The van der Waals surface area contributed by atoms with Gasteiger partial charge in [-0.15, -0.1) is 0 Å². The van der Waals surface area contributed by atoms with E-state index in [4.69, 9.17) is 17.2 Å². The summed E-state index contributed by atoms with van der Waals surface area (Å²) in [6.07, 6.45) is 2.29. The Morgan fingerprint density at radius 1 is 0.796 bits per heavy atom. The number of aliphatic hydroxyl groups is 2. The minimum atomic E-state index is -1.60. The number of fused-ring (bicyclic) bond motifs is 1. The second kappa shape index (κ2) is 22.1. The van der Waals surface area contributed by atoms with Crippen LogP contribution in [0.5, 0.6) is 0 Å². The van der Waals surface area contributed by atoms with Gasteiger partial charge in [0.25, 0.3) is 0 Å². The Morgan fingerprint density at radius 2 is 1.39 bits per heavy atom. The summed E-state index contributed by atoms with van der Waals surface area (Å²) >= 11 is 0. The number of aliphatic hydroxyl groups excluding tert-OH is 2. The monoisotopic (exact) mass is 760 g/mol. The zero-order valence-electron chi connectivity index (χ0n) is 31.1. The Labute approximate surface area is 313 Å². The number of aromatic nitrogens is 1. The lowest BCUT2D eigenvalue weighted by Gasteiger charge is -2.29. The van der Waals surface area contributed by atoms with Crippen LogP contribution in [0.25, 0.3) is 10.9 Å². The van der Waals surface area contributed by atoms with Gasteiger partial charge in [-0.1, -0.05) is 52.3 Å². The van der Waals surface area contributed by atoms with Crippen LogP contribution in [-0.2, 0) is 35.2 Å². The molecule has 7 atom stereocenters. The lowest BCUT2D eigenvalue weighted by atomic mass is 9.96. The SMILES string of the molecule is CC[C@H](C)[C@H](NC(=O)[C@@H](N)CO)C(=O)N[C@@H](CC(C)C)C(=O)N[C@@H](CCCN=C(N)N)C(=O)N[C@@H](CO)C(=O)N[C@@H](Cc1c[nH]c2ccccc12)C(=O)O. The number of rotatable bonds is 23. The number of carboxylic acids is 1. The van der Waals surface area contributed by atoms with Gasteiger partial charge in [0.1, 0.15) is 36.3 Å².